The maximum absolute atomic E-state index is 13.5. The van der Waals surface area contributed by atoms with Gasteiger partial charge >= 0.3 is 16.4 Å². The summed E-state index contributed by atoms with van der Waals surface area (Å²) in [5.74, 6) is -2.78. The average molecular weight is 737 g/mol. The molecule has 3 heterocycles. The Labute approximate surface area is 291 Å². The van der Waals surface area contributed by atoms with Crippen LogP contribution < -0.4 is 26.8 Å². The molecular formula is C30H40N8O10S2. The summed E-state index contributed by atoms with van der Waals surface area (Å²) in [4.78, 5) is 48.4. The van der Waals surface area contributed by atoms with Crippen LogP contribution in [0.4, 0.5) is 5.13 Å². The first-order valence-corrected chi connectivity index (χ1v) is 17.9. The van der Waals surface area contributed by atoms with Crippen LogP contribution in [0, 0.1) is 5.41 Å². The number of anilines is 1. The summed E-state index contributed by atoms with van der Waals surface area (Å²) >= 11 is 0.963. The second-order valence-electron chi connectivity index (χ2n) is 13.6. The van der Waals surface area contributed by atoms with E-state index in [0.717, 1.165) is 42.6 Å². The largest absolute Gasteiger partial charge is 0.485 e. The number of carboxylic acid groups (broad SMARTS) is 1. The number of nitrogens with zero attached hydrogens (tertiary/aromatic N) is 3. The number of nitrogen functional groups attached to an aromatic ring is 1. The smallest absolute Gasteiger partial charge is 0.418 e. The highest BCUT2D eigenvalue weighted by molar-refractivity contribution is 7.80. The summed E-state index contributed by atoms with van der Waals surface area (Å²) < 4.78 is 41.8. The van der Waals surface area contributed by atoms with Crippen LogP contribution in [0.2, 0.25) is 0 Å². The van der Waals surface area contributed by atoms with E-state index in [0.29, 0.717) is 22.8 Å². The fourth-order valence-corrected chi connectivity index (χ4v) is 7.04. The molecule has 20 heteroatoms. The number of β-lactam (4-membered cyclic amide) rings is 1. The van der Waals surface area contributed by atoms with E-state index in [1.54, 1.807) is 12.1 Å². The van der Waals surface area contributed by atoms with Crippen LogP contribution in [-0.2, 0) is 40.3 Å². The molecular weight excluding hydrogens is 697 g/mol. The number of amides is 2. The number of thiazole rings is 1. The Hall–Kier alpha value is -4.37. The quantitative estimate of drug-likeness (QED) is 0.0559. The minimum absolute atomic E-state index is 0.0569. The number of hydrogen-bond donors (Lipinski definition) is 7. The Bertz CT molecular complexity index is 1840. The number of ether oxygens (including phenoxy) is 1. The Morgan fingerprint density at radius 3 is 2.48 bits per heavy atom. The zero-order valence-corrected chi connectivity index (χ0v) is 29.4. The molecule has 2 aromatic rings. The predicted molar refractivity (Wildman–Crippen MR) is 180 cm³/mol. The number of carbonyl (C=O) groups is 3. The second kappa shape index (κ2) is 13.4. The first kappa shape index (κ1) is 36.9. The SMILES string of the molecule is CC1(C)[C@H](NC(=O)/C(=N\O[C@](C)(C(=O)O)[C@H]2CCc3cc(C(=N)N[C@H]4CC[C@](C)(N)CC4)ccc3O2)c2csc(N)n2)C(=O)N1OS(=O)(=O)O. The monoisotopic (exact) mass is 736 g/mol. The van der Waals surface area contributed by atoms with Gasteiger partial charge in [0.1, 0.15) is 23.3 Å². The minimum atomic E-state index is -5.03. The summed E-state index contributed by atoms with van der Waals surface area (Å²) in [5.41, 5.74) is 9.07. The van der Waals surface area contributed by atoms with E-state index in [-0.39, 0.29) is 34.7 Å². The van der Waals surface area contributed by atoms with Gasteiger partial charge in [-0.25, -0.2) is 9.78 Å². The molecule has 2 amide bonds. The Kier molecular flexibility index (Phi) is 9.89. The topological polar surface area (TPSA) is 282 Å². The van der Waals surface area contributed by atoms with Gasteiger partial charge in [0.15, 0.2) is 16.9 Å². The third kappa shape index (κ3) is 7.68. The van der Waals surface area contributed by atoms with Gasteiger partial charge in [-0.15, -0.1) is 15.6 Å². The molecule has 1 aromatic carbocycles. The molecule has 2 aliphatic heterocycles. The Balaban J connectivity index is 1.31. The molecule has 0 spiro atoms. The van der Waals surface area contributed by atoms with Gasteiger partial charge in [-0.1, -0.05) is 5.16 Å². The first-order chi connectivity index (χ1) is 23.2. The number of aryl methyl sites for hydroxylation is 1. The molecule has 18 nitrogen and oxygen atoms in total. The van der Waals surface area contributed by atoms with Crippen molar-refractivity contribution in [1.82, 2.24) is 20.7 Å². The van der Waals surface area contributed by atoms with Gasteiger partial charge in [0.2, 0.25) is 0 Å². The van der Waals surface area contributed by atoms with Crippen LogP contribution in [0.3, 0.4) is 0 Å². The molecule has 272 valence electrons. The number of carbonyl (C=O) groups excluding carboxylic acids is 2. The third-order valence-corrected chi connectivity index (χ3v) is 10.2. The molecule has 5 rings (SSSR count). The number of nitrogens with two attached hydrogens (primary N) is 2. The maximum Gasteiger partial charge on any atom is 0.418 e. The molecule has 2 fully saturated rings. The highest BCUT2D eigenvalue weighted by atomic mass is 32.3. The highest BCUT2D eigenvalue weighted by Gasteiger charge is 2.58. The average Bonchev–Trinajstić information content (AvgIpc) is 3.47. The molecule has 1 saturated carbocycles. The van der Waals surface area contributed by atoms with Crippen LogP contribution in [0.15, 0.2) is 28.7 Å². The van der Waals surface area contributed by atoms with Gasteiger partial charge in [0.05, 0.1) is 5.54 Å². The van der Waals surface area contributed by atoms with Crippen molar-refractivity contribution in [2.75, 3.05) is 5.73 Å². The van der Waals surface area contributed by atoms with Crippen molar-refractivity contribution in [3.8, 4) is 5.75 Å². The van der Waals surface area contributed by atoms with Crippen molar-refractivity contribution in [2.45, 2.75) is 101 Å². The van der Waals surface area contributed by atoms with Crippen molar-refractivity contribution in [1.29, 1.82) is 5.41 Å². The second-order valence-corrected chi connectivity index (χ2v) is 15.5. The number of oxime groups is 1. The molecule has 3 aliphatic rings. The third-order valence-electron chi connectivity index (χ3n) is 9.24. The van der Waals surface area contributed by atoms with E-state index in [9.17, 15) is 27.9 Å². The number of aromatic nitrogens is 1. The number of rotatable bonds is 11. The van der Waals surface area contributed by atoms with Crippen molar-refractivity contribution in [3.63, 3.8) is 0 Å². The van der Waals surface area contributed by atoms with Crippen LogP contribution in [-0.4, -0.2) is 92.3 Å². The molecule has 0 bridgehead atoms. The molecule has 1 saturated heterocycles. The van der Waals surface area contributed by atoms with Gasteiger partial charge in [-0.05, 0) is 90.0 Å². The molecule has 9 N–H and O–H groups in total. The number of hydroxylamine groups is 2. The summed E-state index contributed by atoms with van der Waals surface area (Å²) in [6.07, 6.45) is 2.96. The van der Waals surface area contributed by atoms with Crippen LogP contribution in [0.5, 0.6) is 5.75 Å². The van der Waals surface area contributed by atoms with Gasteiger partial charge in [-0.3, -0.25) is 19.6 Å². The summed E-state index contributed by atoms with van der Waals surface area (Å²) in [7, 11) is -5.03. The summed E-state index contributed by atoms with van der Waals surface area (Å²) in [6.45, 7) is 6.02. The molecule has 3 atom stereocenters. The van der Waals surface area contributed by atoms with Crippen LogP contribution in [0.1, 0.15) is 76.6 Å². The van der Waals surface area contributed by atoms with E-state index >= 15 is 0 Å². The lowest BCUT2D eigenvalue weighted by Gasteiger charge is -2.50. The molecule has 1 aromatic heterocycles. The summed E-state index contributed by atoms with van der Waals surface area (Å²) in [6, 6.07) is 4.01. The van der Waals surface area contributed by atoms with E-state index < -0.39 is 57.2 Å². The standard InChI is InChI=1S/C30H40N8O10S2/c1-28(2)22(25(40)38(28)48-50(43,44)45)36-24(39)21(18-14-49-27(32)35-18)37-47-30(4,26(41)42)20-8-6-15-13-16(5-7-19(15)46-20)23(31)34-17-9-11-29(3,33)12-10-17/h5,7,13-14,17,20,22H,6,8-12,33H2,1-4H3,(H2,31,34)(H2,32,35)(H,36,39)(H,41,42)(H,43,44,45)/b37-21-/t17-,20-,22-,29-,30+/m1/s1. The number of carboxylic acids is 1. The highest BCUT2D eigenvalue weighted by Crippen LogP contribution is 2.36. The predicted octanol–water partition coefficient (Wildman–Crippen LogP) is 1.10. The minimum Gasteiger partial charge on any atom is -0.485 e. The first-order valence-electron chi connectivity index (χ1n) is 15.7. The lowest BCUT2D eigenvalue weighted by molar-refractivity contribution is -0.218. The van der Waals surface area contributed by atoms with Crippen molar-refractivity contribution in [3.05, 3.63) is 40.4 Å². The van der Waals surface area contributed by atoms with Gasteiger partial charge in [-0.2, -0.15) is 13.5 Å². The number of aliphatic carboxylic acids is 1. The summed E-state index contributed by atoms with van der Waals surface area (Å²) in [5, 5.41) is 30.3. The van der Waals surface area contributed by atoms with Crippen molar-refractivity contribution < 1.29 is 46.3 Å². The van der Waals surface area contributed by atoms with Crippen LogP contribution in [0.25, 0.3) is 0 Å². The lowest BCUT2D eigenvalue weighted by atomic mass is 9.81. The van der Waals surface area contributed by atoms with Crippen molar-refractivity contribution in [2.24, 2.45) is 10.9 Å². The van der Waals surface area contributed by atoms with Gasteiger partial charge in [0.25, 0.3) is 17.4 Å². The molecule has 50 heavy (non-hydrogen) atoms. The maximum atomic E-state index is 13.5. The number of fused-ring (bicyclic) bond motifs is 1. The van der Waals surface area contributed by atoms with E-state index in [1.165, 1.54) is 26.2 Å². The molecule has 0 radical (unpaired) electrons. The fraction of sp³-hybridized carbons (Fsp3) is 0.533. The zero-order chi connectivity index (χ0) is 36.8. The lowest BCUT2D eigenvalue weighted by Crippen LogP contribution is -2.76. The number of hydrogen-bond acceptors (Lipinski definition) is 14. The number of benzene rings is 1. The van der Waals surface area contributed by atoms with Gasteiger partial charge < -0.3 is 36.8 Å². The van der Waals surface area contributed by atoms with Gasteiger partial charge in [0, 0.05) is 22.5 Å². The Morgan fingerprint density at radius 1 is 1.22 bits per heavy atom. The van der Waals surface area contributed by atoms with E-state index in [2.05, 4.69) is 25.1 Å². The normalized spacial score (nSPS) is 26.0. The molecule has 1 aliphatic carbocycles. The number of amidine groups is 1. The van der Waals surface area contributed by atoms with E-state index in [4.69, 9.17) is 31.0 Å². The Morgan fingerprint density at radius 2 is 1.90 bits per heavy atom. The zero-order valence-electron chi connectivity index (χ0n) is 27.8. The van der Waals surface area contributed by atoms with E-state index in [1.807, 2.05) is 13.0 Å². The molecule has 0 unspecified atom stereocenters. The van der Waals surface area contributed by atoms with Crippen LogP contribution >= 0.6 is 11.3 Å². The fourth-order valence-electron chi connectivity index (χ4n) is 6.04. The number of nitrogens with one attached hydrogen (secondary N) is 3. The van der Waals surface area contributed by atoms with Crippen molar-refractivity contribution >= 4 is 56.2 Å².